The third-order valence-electron chi connectivity index (χ3n) is 3.60. The van der Waals surface area contributed by atoms with Crippen LogP contribution < -0.4 is 10.5 Å². The molecule has 0 aliphatic heterocycles. The zero-order chi connectivity index (χ0) is 13.9. The van der Waals surface area contributed by atoms with Gasteiger partial charge in [-0.3, -0.25) is 0 Å². The van der Waals surface area contributed by atoms with Gasteiger partial charge < -0.3 is 15.0 Å². The van der Waals surface area contributed by atoms with Crippen molar-refractivity contribution in [2.75, 3.05) is 7.11 Å². The number of hydrogen-bond acceptors (Lipinski definition) is 2. The minimum absolute atomic E-state index is 0.490. The minimum Gasteiger partial charge on any atom is -0.496 e. The molecule has 1 heterocycles. The number of methoxy groups -OCH3 is 1. The topological polar surface area (TPSA) is 40.2 Å². The molecule has 0 spiro atoms. The van der Waals surface area contributed by atoms with Gasteiger partial charge in [0.15, 0.2) is 0 Å². The van der Waals surface area contributed by atoms with E-state index in [0.29, 0.717) is 6.54 Å². The summed E-state index contributed by atoms with van der Waals surface area (Å²) in [4.78, 5) is 0. The lowest BCUT2D eigenvalue weighted by molar-refractivity contribution is 0.409. The van der Waals surface area contributed by atoms with Crippen LogP contribution in [0.15, 0.2) is 54.7 Å². The Morgan fingerprint density at radius 3 is 2.75 bits per heavy atom. The predicted octanol–water partition coefficient (Wildman–Crippen LogP) is 3.16. The first-order chi connectivity index (χ1) is 9.81. The second-order valence-electron chi connectivity index (χ2n) is 4.85. The summed E-state index contributed by atoms with van der Waals surface area (Å²) in [6.07, 6.45) is 2.12. The normalized spacial score (nSPS) is 10.9. The molecule has 2 N–H and O–H groups in total. The van der Waals surface area contributed by atoms with E-state index >= 15 is 0 Å². The van der Waals surface area contributed by atoms with Crippen molar-refractivity contribution in [2.45, 2.75) is 13.1 Å². The van der Waals surface area contributed by atoms with Crippen LogP contribution in [0.2, 0.25) is 0 Å². The van der Waals surface area contributed by atoms with Gasteiger partial charge in [0.25, 0.3) is 0 Å². The molecule has 3 rings (SSSR count). The van der Waals surface area contributed by atoms with E-state index in [4.69, 9.17) is 10.5 Å². The number of benzene rings is 2. The summed E-state index contributed by atoms with van der Waals surface area (Å²) in [5, 5.41) is 1.26. The minimum atomic E-state index is 0.490. The number of hydrogen-bond donors (Lipinski definition) is 1. The zero-order valence-corrected chi connectivity index (χ0v) is 11.5. The standard InChI is InChI=1S/C17H18N2O/c1-20-17-7-6-13(10-15(17)11-18)12-19-9-8-14-4-2-3-5-16(14)19/h2-10H,11-12,18H2,1H3. The Hall–Kier alpha value is -2.26. The molecular weight excluding hydrogens is 248 g/mol. The lowest BCUT2D eigenvalue weighted by atomic mass is 10.1. The Balaban J connectivity index is 1.95. The van der Waals surface area contributed by atoms with Crippen molar-refractivity contribution >= 4 is 10.9 Å². The lowest BCUT2D eigenvalue weighted by Gasteiger charge is -2.10. The van der Waals surface area contributed by atoms with Gasteiger partial charge in [-0.05, 0) is 35.2 Å². The summed E-state index contributed by atoms with van der Waals surface area (Å²) >= 11 is 0. The lowest BCUT2D eigenvalue weighted by Crippen LogP contribution is -2.03. The van der Waals surface area contributed by atoms with Crippen LogP contribution in [0, 0.1) is 0 Å². The molecule has 0 fully saturated rings. The number of nitrogens with zero attached hydrogens (tertiary/aromatic N) is 1. The Kier molecular flexibility index (Phi) is 3.44. The number of aromatic nitrogens is 1. The van der Waals surface area contributed by atoms with Gasteiger partial charge in [0, 0.05) is 30.4 Å². The smallest absolute Gasteiger partial charge is 0.123 e. The highest BCUT2D eigenvalue weighted by Crippen LogP contribution is 2.21. The van der Waals surface area contributed by atoms with Gasteiger partial charge in [-0.25, -0.2) is 0 Å². The van der Waals surface area contributed by atoms with Crippen LogP contribution in [0.25, 0.3) is 10.9 Å². The molecule has 3 heteroatoms. The van der Waals surface area contributed by atoms with Crippen LogP contribution in [0.4, 0.5) is 0 Å². The van der Waals surface area contributed by atoms with E-state index < -0.39 is 0 Å². The zero-order valence-electron chi connectivity index (χ0n) is 11.5. The maximum atomic E-state index is 5.77. The van der Waals surface area contributed by atoms with E-state index in [9.17, 15) is 0 Å². The molecule has 0 saturated heterocycles. The van der Waals surface area contributed by atoms with Gasteiger partial charge in [-0.2, -0.15) is 0 Å². The summed E-state index contributed by atoms with van der Waals surface area (Å²) in [7, 11) is 1.67. The molecule has 0 amide bonds. The summed E-state index contributed by atoms with van der Waals surface area (Å²) in [6, 6.07) is 16.7. The van der Waals surface area contributed by atoms with Crippen molar-refractivity contribution in [3.63, 3.8) is 0 Å². The average molecular weight is 266 g/mol. The van der Waals surface area contributed by atoms with Crippen molar-refractivity contribution in [2.24, 2.45) is 5.73 Å². The fourth-order valence-electron chi connectivity index (χ4n) is 2.56. The van der Waals surface area contributed by atoms with E-state index in [2.05, 4.69) is 53.2 Å². The molecule has 0 radical (unpaired) electrons. The van der Waals surface area contributed by atoms with Crippen LogP contribution in [-0.4, -0.2) is 11.7 Å². The molecule has 20 heavy (non-hydrogen) atoms. The number of fused-ring (bicyclic) bond motifs is 1. The number of para-hydroxylation sites is 1. The summed E-state index contributed by atoms with van der Waals surface area (Å²) in [5.41, 5.74) is 9.29. The maximum Gasteiger partial charge on any atom is 0.123 e. The van der Waals surface area contributed by atoms with Crippen molar-refractivity contribution in [1.82, 2.24) is 4.57 Å². The summed E-state index contributed by atoms with van der Waals surface area (Å²) in [6.45, 7) is 1.33. The molecule has 0 atom stereocenters. The monoisotopic (exact) mass is 266 g/mol. The first-order valence-electron chi connectivity index (χ1n) is 6.71. The number of ether oxygens (including phenoxy) is 1. The van der Waals surface area contributed by atoms with Crippen molar-refractivity contribution in [3.8, 4) is 5.75 Å². The number of nitrogens with two attached hydrogens (primary N) is 1. The molecule has 0 bridgehead atoms. The summed E-state index contributed by atoms with van der Waals surface area (Å²) < 4.78 is 7.56. The highest BCUT2D eigenvalue weighted by molar-refractivity contribution is 5.80. The quantitative estimate of drug-likeness (QED) is 0.788. The molecule has 0 aliphatic carbocycles. The van der Waals surface area contributed by atoms with E-state index in [1.54, 1.807) is 7.11 Å². The highest BCUT2D eigenvalue weighted by atomic mass is 16.5. The first-order valence-corrected chi connectivity index (χ1v) is 6.71. The average Bonchev–Trinajstić information content (AvgIpc) is 2.90. The van der Waals surface area contributed by atoms with Crippen molar-refractivity contribution in [3.05, 3.63) is 65.9 Å². The molecule has 3 aromatic rings. The highest BCUT2D eigenvalue weighted by Gasteiger charge is 2.05. The molecule has 102 valence electrons. The fourth-order valence-corrected chi connectivity index (χ4v) is 2.56. The van der Waals surface area contributed by atoms with Gasteiger partial charge in [0.05, 0.1) is 7.11 Å². The van der Waals surface area contributed by atoms with Gasteiger partial charge in [0.2, 0.25) is 0 Å². The van der Waals surface area contributed by atoms with E-state index in [0.717, 1.165) is 17.9 Å². The van der Waals surface area contributed by atoms with E-state index in [1.807, 2.05) is 6.07 Å². The van der Waals surface area contributed by atoms with Gasteiger partial charge in [-0.15, -0.1) is 0 Å². The van der Waals surface area contributed by atoms with Gasteiger partial charge >= 0.3 is 0 Å². The first kappa shape index (κ1) is 12.8. The molecule has 3 nitrogen and oxygen atoms in total. The number of rotatable bonds is 4. The van der Waals surface area contributed by atoms with Crippen LogP contribution in [-0.2, 0) is 13.1 Å². The summed E-state index contributed by atoms with van der Waals surface area (Å²) in [5.74, 6) is 0.855. The third-order valence-corrected chi connectivity index (χ3v) is 3.60. The Morgan fingerprint density at radius 2 is 1.95 bits per heavy atom. The molecule has 0 unspecified atom stereocenters. The van der Waals surface area contributed by atoms with Crippen molar-refractivity contribution in [1.29, 1.82) is 0 Å². The Morgan fingerprint density at radius 1 is 1.10 bits per heavy atom. The van der Waals surface area contributed by atoms with Crippen LogP contribution >= 0.6 is 0 Å². The molecular formula is C17H18N2O. The SMILES string of the molecule is COc1ccc(Cn2ccc3ccccc32)cc1CN. The largest absolute Gasteiger partial charge is 0.496 e. The van der Waals surface area contributed by atoms with Crippen LogP contribution in [0.1, 0.15) is 11.1 Å². The van der Waals surface area contributed by atoms with Crippen molar-refractivity contribution < 1.29 is 4.74 Å². The third kappa shape index (κ3) is 2.28. The molecule has 0 saturated carbocycles. The molecule has 1 aromatic heterocycles. The van der Waals surface area contributed by atoms with Crippen LogP contribution in [0.5, 0.6) is 5.75 Å². The second-order valence-corrected chi connectivity index (χ2v) is 4.85. The Labute approximate surface area is 118 Å². The fraction of sp³-hybridized carbons (Fsp3) is 0.176. The van der Waals surface area contributed by atoms with Gasteiger partial charge in [-0.1, -0.05) is 24.3 Å². The van der Waals surface area contributed by atoms with Crippen LogP contribution in [0.3, 0.4) is 0 Å². The Bertz CT molecular complexity index is 731. The van der Waals surface area contributed by atoms with E-state index in [1.165, 1.54) is 16.5 Å². The van der Waals surface area contributed by atoms with E-state index in [-0.39, 0.29) is 0 Å². The maximum absolute atomic E-state index is 5.77. The molecule has 0 aliphatic rings. The molecule has 2 aromatic carbocycles. The second kappa shape index (κ2) is 5.39. The predicted molar refractivity (Wildman–Crippen MR) is 81.9 cm³/mol. The van der Waals surface area contributed by atoms with Gasteiger partial charge in [0.1, 0.15) is 5.75 Å².